The minimum Gasteiger partial charge on any atom is -0.337 e. The van der Waals surface area contributed by atoms with Gasteiger partial charge in [-0.3, -0.25) is 14.4 Å². The summed E-state index contributed by atoms with van der Waals surface area (Å²) in [5, 5.41) is 0.597. The van der Waals surface area contributed by atoms with Crippen LogP contribution in [0.25, 0.3) is 0 Å². The fraction of sp³-hybridized carbons (Fsp3) is 0.526. The lowest BCUT2D eigenvalue weighted by Crippen LogP contribution is -2.55. The van der Waals surface area contributed by atoms with Crippen LogP contribution in [0, 0.1) is 5.92 Å². The molecular weight excluding hydrogens is 340 g/mol. The minimum absolute atomic E-state index is 0.00757. The third kappa shape index (κ3) is 2.95. The smallest absolute Gasteiger partial charge is 0.242 e. The second-order valence-corrected chi connectivity index (χ2v) is 7.63. The summed E-state index contributed by atoms with van der Waals surface area (Å²) in [4.78, 5) is 40.9. The molecule has 0 bridgehead atoms. The topological polar surface area (TPSA) is 57.7 Å². The standard InChI is InChI=1S/C19H21ClN2O3/c20-13-5-6-15-12(9-13)10-18(24)22(15)11-19(25)21-8-7-17(23)14-3-1-2-4-16(14)21/h5-6,9,14,16H,1-4,7-8,10-11H2. The first kappa shape index (κ1) is 16.6. The molecule has 2 fully saturated rings. The summed E-state index contributed by atoms with van der Waals surface area (Å²) < 4.78 is 0. The normalized spacial score (nSPS) is 25.8. The van der Waals surface area contributed by atoms with Gasteiger partial charge in [-0.05, 0) is 36.6 Å². The van der Waals surface area contributed by atoms with Crippen molar-refractivity contribution in [3.63, 3.8) is 0 Å². The van der Waals surface area contributed by atoms with Gasteiger partial charge in [0.15, 0.2) is 0 Å². The van der Waals surface area contributed by atoms with E-state index >= 15 is 0 Å². The Morgan fingerprint density at radius 3 is 2.84 bits per heavy atom. The van der Waals surface area contributed by atoms with Gasteiger partial charge in [-0.15, -0.1) is 0 Å². The molecule has 6 heteroatoms. The molecule has 2 atom stereocenters. The molecule has 0 radical (unpaired) electrons. The van der Waals surface area contributed by atoms with Gasteiger partial charge in [0.2, 0.25) is 11.8 Å². The van der Waals surface area contributed by atoms with Crippen LogP contribution in [0.4, 0.5) is 5.69 Å². The number of likely N-dealkylation sites (tertiary alicyclic amines) is 1. The van der Waals surface area contributed by atoms with E-state index in [0.29, 0.717) is 23.8 Å². The fourth-order valence-electron chi connectivity index (χ4n) is 4.50. The molecule has 0 spiro atoms. The van der Waals surface area contributed by atoms with Crippen LogP contribution >= 0.6 is 11.6 Å². The zero-order valence-corrected chi connectivity index (χ0v) is 14.8. The van der Waals surface area contributed by atoms with Crippen LogP contribution in [0.15, 0.2) is 18.2 Å². The summed E-state index contributed by atoms with van der Waals surface area (Å²) in [7, 11) is 0. The zero-order valence-electron chi connectivity index (χ0n) is 14.0. The number of carbonyl (C=O) groups is 3. The molecule has 1 saturated heterocycles. The van der Waals surface area contributed by atoms with Crippen LogP contribution in [-0.4, -0.2) is 41.6 Å². The quantitative estimate of drug-likeness (QED) is 0.814. The second-order valence-electron chi connectivity index (χ2n) is 7.19. The molecule has 1 saturated carbocycles. The van der Waals surface area contributed by atoms with E-state index in [4.69, 9.17) is 11.6 Å². The van der Waals surface area contributed by atoms with Crippen LogP contribution in [0.2, 0.25) is 5.02 Å². The molecular formula is C19H21ClN2O3. The van der Waals surface area contributed by atoms with Crippen molar-refractivity contribution in [2.24, 2.45) is 5.92 Å². The number of nitrogens with zero attached hydrogens (tertiary/aromatic N) is 2. The van der Waals surface area contributed by atoms with Crippen molar-refractivity contribution in [2.45, 2.75) is 44.6 Å². The lowest BCUT2D eigenvalue weighted by molar-refractivity contribution is -0.143. The van der Waals surface area contributed by atoms with Crippen molar-refractivity contribution in [2.75, 3.05) is 18.0 Å². The Morgan fingerprint density at radius 2 is 2.00 bits per heavy atom. The maximum atomic E-state index is 12.9. The molecule has 0 N–H and O–H groups in total. The zero-order chi connectivity index (χ0) is 17.6. The van der Waals surface area contributed by atoms with Gasteiger partial charge >= 0.3 is 0 Å². The Morgan fingerprint density at radius 1 is 1.20 bits per heavy atom. The number of halogens is 1. The Bertz CT molecular complexity index is 748. The van der Waals surface area contributed by atoms with Crippen LogP contribution in [-0.2, 0) is 20.8 Å². The van der Waals surface area contributed by atoms with Gasteiger partial charge in [0.1, 0.15) is 12.3 Å². The number of piperidine rings is 1. The van der Waals surface area contributed by atoms with Crippen LogP contribution in [0.1, 0.15) is 37.7 Å². The summed E-state index contributed by atoms with van der Waals surface area (Å²) in [6.45, 7) is 0.527. The number of ketones is 1. The van der Waals surface area contributed by atoms with E-state index in [2.05, 4.69) is 0 Å². The molecule has 132 valence electrons. The molecule has 2 aliphatic heterocycles. The molecule has 2 heterocycles. The molecule has 2 unspecified atom stereocenters. The molecule has 3 aliphatic rings. The number of rotatable bonds is 2. The maximum Gasteiger partial charge on any atom is 0.242 e. The monoisotopic (exact) mass is 360 g/mol. The lowest BCUT2D eigenvalue weighted by Gasteiger charge is -2.43. The summed E-state index contributed by atoms with van der Waals surface area (Å²) in [6, 6.07) is 5.35. The van der Waals surface area contributed by atoms with Gasteiger partial charge in [-0.1, -0.05) is 24.4 Å². The molecule has 1 aromatic carbocycles. The van der Waals surface area contributed by atoms with E-state index in [-0.39, 0.29) is 36.7 Å². The highest BCUT2D eigenvalue weighted by Crippen LogP contribution is 2.35. The summed E-state index contributed by atoms with van der Waals surface area (Å²) >= 11 is 6.00. The highest BCUT2D eigenvalue weighted by Gasteiger charge is 2.41. The van der Waals surface area contributed by atoms with Gasteiger partial charge in [-0.2, -0.15) is 0 Å². The molecule has 0 aromatic heterocycles. The number of carbonyl (C=O) groups excluding carboxylic acids is 3. The van der Waals surface area contributed by atoms with E-state index < -0.39 is 0 Å². The number of benzene rings is 1. The molecule has 5 nitrogen and oxygen atoms in total. The first-order valence-electron chi connectivity index (χ1n) is 8.95. The van der Waals surface area contributed by atoms with Gasteiger partial charge in [0, 0.05) is 35.6 Å². The number of anilines is 1. The van der Waals surface area contributed by atoms with Gasteiger partial charge in [0.05, 0.1) is 6.42 Å². The van der Waals surface area contributed by atoms with Crippen LogP contribution in [0.3, 0.4) is 0 Å². The maximum absolute atomic E-state index is 12.9. The summed E-state index contributed by atoms with van der Waals surface area (Å²) in [5.41, 5.74) is 1.64. The summed E-state index contributed by atoms with van der Waals surface area (Å²) in [5.74, 6) is 0.164. The van der Waals surface area contributed by atoms with Crippen molar-refractivity contribution in [1.82, 2.24) is 4.90 Å². The van der Waals surface area contributed by atoms with Crippen molar-refractivity contribution in [1.29, 1.82) is 0 Å². The lowest BCUT2D eigenvalue weighted by atomic mass is 9.77. The Hall–Kier alpha value is -1.88. The highest BCUT2D eigenvalue weighted by molar-refractivity contribution is 6.31. The molecule has 1 aliphatic carbocycles. The Labute approximate surface area is 151 Å². The second kappa shape index (κ2) is 6.45. The minimum atomic E-state index is -0.0705. The number of hydrogen-bond donors (Lipinski definition) is 0. The van der Waals surface area contributed by atoms with Crippen molar-refractivity contribution >= 4 is 34.9 Å². The number of Topliss-reactive ketones (excluding diaryl/α,β-unsaturated/α-hetero) is 1. The van der Waals surface area contributed by atoms with Gasteiger partial charge < -0.3 is 9.80 Å². The van der Waals surface area contributed by atoms with Gasteiger partial charge in [0.25, 0.3) is 0 Å². The van der Waals surface area contributed by atoms with E-state index in [1.165, 1.54) is 0 Å². The molecule has 4 rings (SSSR count). The predicted octanol–water partition coefficient (Wildman–Crippen LogP) is 2.59. The Kier molecular flexibility index (Phi) is 4.28. The predicted molar refractivity (Wildman–Crippen MR) is 94.6 cm³/mol. The first-order chi connectivity index (χ1) is 12.0. The molecule has 1 aromatic rings. The largest absolute Gasteiger partial charge is 0.337 e. The molecule has 25 heavy (non-hydrogen) atoms. The SMILES string of the molecule is O=C1CCN(C(=O)CN2C(=O)Cc3cc(Cl)ccc32)C2CCCCC12. The van der Waals surface area contributed by atoms with Crippen LogP contribution in [0.5, 0.6) is 0 Å². The number of fused-ring (bicyclic) bond motifs is 2. The average molecular weight is 361 g/mol. The third-order valence-electron chi connectivity index (χ3n) is 5.73. The van der Waals surface area contributed by atoms with E-state index in [1.807, 2.05) is 4.90 Å². The van der Waals surface area contributed by atoms with E-state index in [1.54, 1.807) is 23.1 Å². The van der Waals surface area contributed by atoms with Crippen molar-refractivity contribution in [3.8, 4) is 0 Å². The fourth-order valence-corrected chi connectivity index (χ4v) is 4.70. The van der Waals surface area contributed by atoms with Crippen molar-refractivity contribution in [3.05, 3.63) is 28.8 Å². The average Bonchev–Trinajstić information content (AvgIpc) is 2.90. The number of hydrogen-bond acceptors (Lipinski definition) is 3. The van der Waals surface area contributed by atoms with Gasteiger partial charge in [-0.25, -0.2) is 0 Å². The Balaban J connectivity index is 1.52. The summed E-state index contributed by atoms with van der Waals surface area (Å²) in [6.07, 6.45) is 4.62. The molecule has 2 amide bonds. The van der Waals surface area contributed by atoms with Crippen LogP contribution < -0.4 is 4.90 Å². The van der Waals surface area contributed by atoms with E-state index in [0.717, 1.165) is 36.9 Å². The van der Waals surface area contributed by atoms with E-state index in [9.17, 15) is 14.4 Å². The first-order valence-corrected chi connectivity index (χ1v) is 9.33. The van der Waals surface area contributed by atoms with Crippen molar-refractivity contribution < 1.29 is 14.4 Å². The number of amides is 2. The highest BCUT2D eigenvalue weighted by atomic mass is 35.5. The third-order valence-corrected chi connectivity index (χ3v) is 5.97.